The summed E-state index contributed by atoms with van der Waals surface area (Å²) in [6, 6.07) is 11.7. The van der Waals surface area contributed by atoms with Gasteiger partial charge in [-0.15, -0.1) is 11.3 Å². The molecule has 1 unspecified atom stereocenters. The number of aliphatic hydroxyl groups excluding tert-OH is 1. The van der Waals surface area contributed by atoms with Gasteiger partial charge >= 0.3 is 0 Å². The van der Waals surface area contributed by atoms with Crippen LogP contribution in [0.2, 0.25) is 0 Å². The second-order valence-corrected chi connectivity index (χ2v) is 7.42. The van der Waals surface area contributed by atoms with Gasteiger partial charge in [-0.25, -0.2) is 4.52 Å². The van der Waals surface area contributed by atoms with Crippen LogP contribution in [0.15, 0.2) is 59.0 Å². The van der Waals surface area contributed by atoms with E-state index in [-0.39, 0.29) is 12.1 Å². The molecule has 3 aromatic heterocycles. The first-order chi connectivity index (χ1) is 12.5. The highest BCUT2D eigenvalue weighted by Crippen LogP contribution is 2.24. The molecule has 0 bridgehead atoms. The summed E-state index contributed by atoms with van der Waals surface area (Å²) in [7, 11) is 0. The lowest BCUT2D eigenvalue weighted by molar-refractivity contribution is 0.154. The van der Waals surface area contributed by atoms with Crippen LogP contribution in [0.25, 0.3) is 16.1 Å². The van der Waals surface area contributed by atoms with Crippen LogP contribution in [0.5, 0.6) is 0 Å². The van der Waals surface area contributed by atoms with Gasteiger partial charge in [0.15, 0.2) is 0 Å². The lowest BCUT2D eigenvalue weighted by Crippen LogP contribution is -2.24. The Bertz CT molecular complexity index is 1130. The number of nitrogens with zero attached hydrogens (tertiary/aromatic N) is 3. The van der Waals surface area contributed by atoms with E-state index in [0.717, 1.165) is 27.3 Å². The van der Waals surface area contributed by atoms with Gasteiger partial charge in [0.25, 0.3) is 5.56 Å². The first-order valence-corrected chi connectivity index (χ1v) is 9.29. The molecule has 0 aliphatic carbocycles. The van der Waals surface area contributed by atoms with Crippen molar-refractivity contribution in [3.8, 4) is 10.6 Å². The molecule has 0 aliphatic heterocycles. The molecule has 0 amide bonds. The number of hydrogen-bond acceptors (Lipinski definition) is 4. The molecule has 4 rings (SSSR count). The van der Waals surface area contributed by atoms with E-state index in [1.165, 1.54) is 0 Å². The number of hydrogen-bond donors (Lipinski definition) is 1. The molecule has 5 nitrogen and oxygen atoms in total. The molecule has 132 valence electrons. The number of benzene rings is 1. The Labute approximate surface area is 154 Å². The molecule has 3 heterocycles. The zero-order valence-electron chi connectivity index (χ0n) is 14.6. The number of aliphatic hydroxyl groups is 1. The van der Waals surface area contributed by atoms with Crippen molar-refractivity contribution >= 4 is 16.9 Å². The zero-order chi connectivity index (χ0) is 18.3. The molecular weight excluding hydrogens is 346 g/mol. The van der Waals surface area contributed by atoms with Crippen LogP contribution in [0.4, 0.5) is 0 Å². The van der Waals surface area contributed by atoms with Gasteiger partial charge in [0.05, 0.1) is 17.5 Å². The third kappa shape index (κ3) is 2.98. The van der Waals surface area contributed by atoms with Crippen molar-refractivity contribution in [1.29, 1.82) is 0 Å². The average molecular weight is 365 g/mol. The highest BCUT2D eigenvalue weighted by Gasteiger charge is 2.15. The van der Waals surface area contributed by atoms with Crippen molar-refractivity contribution in [2.75, 3.05) is 0 Å². The predicted molar refractivity (Wildman–Crippen MR) is 104 cm³/mol. The summed E-state index contributed by atoms with van der Waals surface area (Å²) in [5, 5.41) is 17.1. The van der Waals surface area contributed by atoms with Crippen LogP contribution in [0.3, 0.4) is 0 Å². The van der Waals surface area contributed by atoms with E-state index in [1.54, 1.807) is 38.9 Å². The molecule has 1 N–H and O–H groups in total. The summed E-state index contributed by atoms with van der Waals surface area (Å²) in [4.78, 5) is 13.8. The van der Waals surface area contributed by atoms with E-state index in [2.05, 4.69) is 5.10 Å². The monoisotopic (exact) mass is 365 g/mol. The maximum atomic E-state index is 12.8. The van der Waals surface area contributed by atoms with Crippen molar-refractivity contribution < 1.29 is 5.11 Å². The van der Waals surface area contributed by atoms with E-state index >= 15 is 0 Å². The lowest BCUT2D eigenvalue weighted by Gasteiger charge is -2.16. The van der Waals surface area contributed by atoms with E-state index < -0.39 is 6.10 Å². The number of aromatic nitrogens is 3. The van der Waals surface area contributed by atoms with Gasteiger partial charge in [0, 0.05) is 12.4 Å². The SMILES string of the molecule is Cc1ccc(C)c(C(O)Cn2ccn3nc(-c4cccs4)cc3c2=O)c1. The van der Waals surface area contributed by atoms with Crippen LogP contribution in [0, 0.1) is 13.8 Å². The van der Waals surface area contributed by atoms with Gasteiger partial charge in [-0.05, 0) is 42.5 Å². The van der Waals surface area contributed by atoms with Crippen LogP contribution in [-0.2, 0) is 6.54 Å². The van der Waals surface area contributed by atoms with Gasteiger partial charge in [-0.3, -0.25) is 4.79 Å². The molecule has 0 saturated carbocycles. The fraction of sp³-hybridized carbons (Fsp3) is 0.200. The maximum absolute atomic E-state index is 12.8. The lowest BCUT2D eigenvalue weighted by atomic mass is 10.0. The molecule has 1 aromatic carbocycles. The van der Waals surface area contributed by atoms with Crippen molar-refractivity contribution in [2.45, 2.75) is 26.5 Å². The van der Waals surface area contributed by atoms with Crippen LogP contribution in [0.1, 0.15) is 22.8 Å². The van der Waals surface area contributed by atoms with Gasteiger partial charge in [-0.2, -0.15) is 5.10 Å². The minimum absolute atomic E-state index is 0.160. The summed E-state index contributed by atoms with van der Waals surface area (Å²) in [5.74, 6) is 0. The van der Waals surface area contributed by atoms with Gasteiger partial charge in [0.2, 0.25) is 0 Å². The van der Waals surface area contributed by atoms with Crippen molar-refractivity contribution in [1.82, 2.24) is 14.2 Å². The predicted octanol–water partition coefficient (Wildman–Crippen LogP) is 3.57. The number of thiophene rings is 1. The van der Waals surface area contributed by atoms with Gasteiger partial charge < -0.3 is 9.67 Å². The Morgan fingerprint density at radius 3 is 2.81 bits per heavy atom. The third-order valence-corrected chi connectivity index (χ3v) is 5.43. The fourth-order valence-electron chi connectivity index (χ4n) is 3.12. The summed E-state index contributed by atoms with van der Waals surface area (Å²) in [6.45, 7) is 4.17. The standard InChI is InChI=1S/C20H19N3O2S/c1-13-5-6-14(2)15(10-13)18(24)12-22-7-8-23-17(20(22)25)11-16(21-23)19-4-3-9-26-19/h3-11,18,24H,12H2,1-2H3. The molecule has 0 fully saturated rings. The second-order valence-electron chi connectivity index (χ2n) is 6.47. The summed E-state index contributed by atoms with van der Waals surface area (Å²) in [5.41, 5.74) is 4.08. The van der Waals surface area contributed by atoms with E-state index in [0.29, 0.717) is 5.52 Å². The minimum Gasteiger partial charge on any atom is -0.387 e. The number of fused-ring (bicyclic) bond motifs is 1. The summed E-state index contributed by atoms with van der Waals surface area (Å²) < 4.78 is 3.14. The van der Waals surface area contributed by atoms with Crippen LogP contribution < -0.4 is 5.56 Å². The van der Waals surface area contributed by atoms with Crippen molar-refractivity contribution in [3.63, 3.8) is 0 Å². The smallest absolute Gasteiger partial charge is 0.276 e. The molecule has 0 saturated heterocycles. The van der Waals surface area contributed by atoms with Crippen LogP contribution in [-0.4, -0.2) is 19.3 Å². The highest BCUT2D eigenvalue weighted by molar-refractivity contribution is 7.13. The summed E-state index contributed by atoms with van der Waals surface area (Å²) in [6.07, 6.45) is 2.69. The summed E-state index contributed by atoms with van der Waals surface area (Å²) >= 11 is 1.59. The maximum Gasteiger partial charge on any atom is 0.276 e. The molecule has 0 spiro atoms. The number of rotatable bonds is 4. The Hall–Kier alpha value is -2.70. The molecule has 4 aromatic rings. The average Bonchev–Trinajstić information content (AvgIpc) is 3.28. The topological polar surface area (TPSA) is 59.5 Å². The zero-order valence-corrected chi connectivity index (χ0v) is 15.4. The van der Waals surface area contributed by atoms with Gasteiger partial charge in [0.1, 0.15) is 11.2 Å². The Kier molecular flexibility index (Phi) is 4.22. The Morgan fingerprint density at radius 2 is 2.04 bits per heavy atom. The molecule has 0 radical (unpaired) electrons. The van der Waals surface area contributed by atoms with E-state index in [4.69, 9.17) is 0 Å². The second kappa shape index (κ2) is 6.55. The minimum atomic E-state index is -0.741. The molecule has 26 heavy (non-hydrogen) atoms. The molecular formula is C20H19N3O2S. The van der Waals surface area contributed by atoms with Crippen LogP contribution >= 0.6 is 11.3 Å². The first-order valence-electron chi connectivity index (χ1n) is 8.41. The van der Waals surface area contributed by atoms with E-state index in [9.17, 15) is 9.90 Å². The van der Waals surface area contributed by atoms with E-state index in [1.807, 2.05) is 49.6 Å². The van der Waals surface area contributed by atoms with Crippen molar-refractivity contribution in [2.24, 2.45) is 0 Å². The first kappa shape index (κ1) is 16.8. The third-order valence-electron chi connectivity index (χ3n) is 4.54. The Morgan fingerprint density at radius 1 is 1.19 bits per heavy atom. The van der Waals surface area contributed by atoms with Gasteiger partial charge in [-0.1, -0.05) is 29.8 Å². The molecule has 1 atom stereocenters. The largest absolute Gasteiger partial charge is 0.387 e. The molecule has 0 aliphatic rings. The Balaban J connectivity index is 1.70. The highest BCUT2D eigenvalue weighted by atomic mass is 32.1. The quantitative estimate of drug-likeness (QED) is 0.601. The molecule has 6 heteroatoms. The number of aryl methyl sites for hydroxylation is 2. The fourth-order valence-corrected chi connectivity index (χ4v) is 3.80. The normalized spacial score (nSPS) is 12.6. The van der Waals surface area contributed by atoms with Crippen molar-refractivity contribution in [3.05, 3.63) is 81.2 Å².